The summed E-state index contributed by atoms with van der Waals surface area (Å²) >= 11 is 0. The summed E-state index contributed by atoms with van der Waals surface area (Å²) in [4.78, 5) is 0. The van der Waals surface area contributed by atoms with Gasteiger partial charge in [0, 0.05) is 10.8 Å². The van der Waals surface area contributed by atoms with Gasteiger partial charge in [-0.25, -0.2) is 0 Å². The summed E-state index contributed by atoms with van der Waals surface area (Å²) in [5.41, 5.74) is 2.45. The largest absolute Gasteiger partial charge is 0.456 e. The third-order valence-corrected chi connectivity index (χ3v) is 8.39. The van der Waals surface area contributed by atoms with Gasteiger partial charge in [0.15, 0.2) is 0 Å². The fourth-order valence-electron chi connectivity index (χ4n) is 6.31. The molecule has 1 aromatic heterocycles. The van der Waals surface area contributed by atoms with Crippen LogP contribution in [0.3, 0.4) is 0 Å². The number of rotatable bonds is 6. The van der Waals surface area contributed by atoms with E-state index in [1.807, 2.05) is 48.5 Å². The predicted octanol–water partition coefficient (Wildman–Crippen LogP) is 12.4. The van der Waals surface area contributed by atoms with Gasteiger partial charge < -0.3 is 4.42 Å². The molecule has 1 heteroatoms. The van der Waals surface area contributed by atoms with E-state index in [1.165, 1.54) is 0 Å². The Morgan fingerprint density at radius 2 is 1.09 bits per heavy atom. The van der Waals surface area contributed by atoms with Crippen molar-refractivity contribution in [2.75, 3.05) is 0 Å². The molecular weight excluding hydrogens is 569 g/mol. The summed E-state index contributed by atoms with van der Waals surface area (Å²) in [7, 11) is 0. The lowest BCUT2D eigenvalue weighted by molar-refractivity contribution is 0.669. The number of benzene rings is 8. The lowest BCUT2D eigenvalue weighted by atomic mass is 9.86. The molecule has 0 aliphatic rings. The third kappa shape index (κ3) is 4.88. The molecule has 9 rings (SSSR count). The molecule has 9 aromatic rings. The van der Waals surface area contributed by atoms with Crippen molar-refractivity contribution in [1.82, 2.24) is 0 Å². The molecule has 8 aromatic carbocycles. The van der Waals surface area contributed by atoms with Crippen LogP contribution >= 0.6 is 0 Å². The molecule has 0 N–H and O–H groups in total. The number of furan rings is 1. The fraction of sp³-hybridized carbons (Fsp3) is 0.0435. The van der Waals surface area contributed by atoms with Gasteiger partial charge in [-0.2, -0.15) is 0 Å². The summed E-state index contributed by atoms with van der Waals surface area (Å²) in [6.45, 7) is 0. The summed E-state index contributed by atoms with van der Waals surface area (Å²) in [6.07, 6.45) is -1.18. The average Bonchev–Trinajstić information content (AvgIpc) is 3.67. The molecule has 0 aliphatic carbocycles. The molecule has 0 amide bonds. The van der Waals surface area contributed by atoms with Crippen LogP contribution in [-0.4, -0.2) is 0 Å². The van der Waals surface area contributed by atoms with E-state index in [2.05, 4.69) is 0 Å². The van der Waals surface area contributed by atoms with E-state index in [1.54, 1.807) is 18.2 Å². The Bertz CT molecular complexity index is 3420. The van der Waals surface area contributed by atoms with Crippen LogP contribution in [0.4, 0.5) is 0 Å². The minimum atomic E-state index is -0.709. The molecule has 47 heavy (non-hydrogen) atoms. The van der Waals surface area contributed by atoms with Crippen molar-refractivity contribution >= 4 is 43.5 Å². The van der Waals surface area contributed by atoms with Gasteiger partial charge >= 0.3 is 0 Å². The average molecular weight is 618 g/mol. The normalized spacial score (nSPS) is 16.6. The van der Waals surface area contributed by atoms with Crippen LogP contribution in [0, 0.1) is 0 Å². The molecule has 0 saturated heterocycles. The SMILES string of the molecule is [2H]c1c([2H])c([2H])c(Cc2c3c([2H])c([2H])c([2H])c([2H])c3c(Cc3c([2H])c([2H])c([2H])c(-c4ccc5c(c4)oc4cccc(-c6ccccc6)c45)c3[2H])c3c([2H])c([2H])c([2H])c([2H])c23)c([2H])c1[2H]. The highest BCUT2D eigenvalue weighted by Crippen LogP contribution is 2.39. The summed E-state index contributed by atoms with van der Waals surface area (Å²) < 4.78 is 157. The lowest BCUT2D eigenvalue weighted by Crippen LogP contribution is -1.98. The fourth-order valence-corrected chi connectivity index (χ4v) is 6.31. The van der Waals surface area contributed by atoms with Crippen molar-refractivity contribution in [3.05, 3.63) is 192 Å². The van der Waals surface area contributed by atoms with E-state index in [9.17, 15) is 6.85 Å². The van der Waals surface area contributed by atoms with Crippen LogP contribution in [-0.2, 0) is 12.8 Å². The van der Waals surface area contributed by atoms with Gasteiger partial charge in [0.2, 0.25) is 0 Å². The lowest BCUT2D eigenvalue weighted by Gasteiger charge is -2.17. The molecule has 0 atom stereocenters. The first-order valence-electron chi connectivity index (χ1n) is 23.5. The second kappa shape index (κ2) is 11.5. The Kier molecular flexibility index (Phi) is 3.69. The van der Waals surface area contributed by atoms with Crippen LogP contribution in [0.15, 0.2) is 174 Å². The van der Waals surface area contributed by atoms with Gasteiger partial charge in [-0.05, 0) is 97.1 Å². The Labute approximate surface area is 298 Å². The molecule has 1 nitrogen and oxygen atoms in total. The second-order valence-electron chi connectivity index (χ2n) is 11.1. The van der Waals surface area contributed by atoms with E-state index in [0.29, 0.717) is 16.7 Å². The van der Waals surface area contributed by atoms with E-state index in [4.69, 9.17) is 20.9 Å². The first kappa shape index (κ1) is 15.1. The number of hydrogen-bond acceptors (Lipinski definition) is 1. The molecule has 0 spiro atoms. The van der Waals surface area contributed by atoms with Crippen molar-refractivity contribution in [3.8, 4) is 22.3 Å². The topological polar surface area (TPSA) is 13.1 Å². The van der Waals surface area contributed by atoms with Gasteiger partial charge in [0.1, 0.15) is 11.2 Å². The molecule has 0 radical (unpaired) electrons. The Balaban J connectivity index is 1.33. The van der Waals surface area contributed by atoms with Gasteiger partial charge in [-0.1, -0.05) is 151 Å². The molecule has 0 saturated carbocycles. The molecule has 222 valence electrons. The van der Waals surface area contributed by atoms with Gasteiger partial charge in [-0.15, -0.1) is 0 Å². The van der Waals surface area contributed by atoms with Crippen molar-refractivity contribution in [3.63, 3.8) is 0 Å². The van der Waals surface area contributed by atoms with E-state index in [0.717, 1.165) is 21.9 Å². The van der Waals surface area contributed by atoms with Gasteiger partial charge in [-0.3, -0.25) is 0 Å². The first-order chi connectivity index (χ1) is 30.4. The first-order valence-corrected chi connectivity index (χ1v) is 15.0. The van der Waals surface area contributed by atoms with Crippen LogP contribution in [0.25, 0.3) is 65.7 Å². The minimum absolute atomic E-state index is 0.0446. The Hall–Kier alpha value is -5.92. The maximum absolute atomic E-state index is 9.58. The molecular formula is C46H32O. The Morgan fingerprint density at radius 1 is 0.447 bits per heavy atom. The highest BCUT2D eigenvalue weighted by atomic mass is 16.3. The highest BCUT2D eigenvalue weighted by molar-refractivity contribution is 6.13. The smallest absolute Gasteiger partial charge is 0.136 e. The molecule has 0 bridgehead atoms. The predicted molar refractivity (Wildman–Crippen MR) is 198 cm³/mol. The van der Waals surface area contributed by atoms with Crippen LogP contribution in [0.2, 0.25) is 0 Å². The zero-order valence-electron chi connectivity index (χ0n) is 41.7. The molecule has 0 aliphatic heterocycles. The number of fused-ring (bicyclic) bond motifs is 5. The Morgan fingerprint density at radius 3 is 1.79 bits per heavy atom. The minimum Gasteiger partial charge on any atom is -0.456 e. The molecule has 0 fully saturated rings. The van der Waals surface area contributed by atoms with Crippen LogP contribution in [0.1, 0.15) is 45.6 Å². The van der Waals surface area contributed by atoms with E-state index in [-0.39, 0.29) is 55.4 Å². The second-order valence-corrected chi connectivity index (χ2v) is 11.1. The van der Waals surface area contributed by atoms with Crippen molar-refractivity contribution in [2.24, 2.45) is 0 Å². The number of hydrogen-bond donors (Lipinski definition) is 0. The standard InChI is InChI=1S/C46H32O/c1-3-13-31(14-4-1)28-42-37-19-7-9-21-39(37)43(40-22-10-8-20-38(40)42)29-32-15-11-18-34(27-32)35-25-26-41-45(30-35)47-44-24-12-23-36(46(41)44)33-16-5-2-6-17-33/h1-27,30H,28-29H2/i1D,3D,4D,7D,8D,9D,10D,11D,13D,14D,15D,18D,19D,20D,21D,22D,27D. The van der Waals surface area contributed by atoms with Gasteiger partial charge in [0.25, 0.3) is 0 Å². The third-order valence-electron chi connectivity index (χ3n) is 8.39. The summed E-state index contributed by atoms with van der Waals surface area (Å²) in [5.74, 6) is 0. The monoisotopic (exact) mass is 617 g/mol. The summed E-state index contributed by atoms with van der Waals surface area (Å²) in [6, 6.07) is 10.0. The maximum atomic E-state index is 9.58. The van der Waals surface area contributed by atoms with Crippen molar-refractivity contribution in [2.45, 2.75) is 12.8 Å². The zero-order valence-corrected chi connectivity index (χ0v) is 24.7. The molecule has 0 unspecified atom stereocenters. The van der Waals surface area contributed by atoms with Crippen molar-refractivity contribution in [1.29, 1.82) is 0 Å². The van der Waals surface area contributed by atoms with Crippen molar-refractivity contribution < 1.29 is 27.7 Å². The quantitative estimate of drug-likeness (QED) is 0.169. The van der Waals surface area contributed by atoms with E-state index < -0.39 is 110 Å². The summed E-state index contributed by atoms with van der Waals surface area (Å²) in [5, 5.41) is 0.605. The van der Waals surface area contributed by atoms with Crippen LogP contribution < -0.4 is 0 Å². The van der Waals surface area contributed by atoms with Crippen LogP contribution in [0.5, 0.6) is 0 Å². The highest BCUT2D eigenvalue weighted by Gasteiger charge is 2.16. The molecule has 1 heterocycles. The van der Waals surface area contributed by atoms with E-state index >= 15 is 0 Å². The zero-order chi connectivity index (χ0) is 46.0. The maximum Gasteiger partial charge on any atom is 0.136 e. The van der Waals surface area contributed by atoms with Gasteiger partial charge in [0.05, 0.1) is 23.3 Å².